The molecule has 1 aliphatic heterocycles. The average Bonchev–Trinajstić information content (AvgIpc) is 2.53. The number of aryl methyl sites for hydroxylation is 1. The van der Waals surface area contributed by atoms with Crippen molar-refractivity contribution in [3.05, 3.63) is 35.4 Å². The Morgan fingerprint density at radius 1 is 1.38 bits per heavy atom. The van der Waals surface area contributed by atoms with E-state index in [2.05, 4.69) is 38.2 Å². The Kier molecular flexibility index (Phi) is 6.63. The highest BCUT2D eigenvalue weighted by molar-refractivity contribution is 5.75. The Bertz CT molecular complexity index is 545. The number of urea groups is 1. The van der Waals surface area contributed by atoms with E-state index in [1.165, 1.54) is 5.56 Å². The van der Waals surface area contributed by atoms with Gasteiger partial charge in [0.05, 0.1) is 31.4 Å². The van der Waals surface area contributed by atoms with Gasteiger partial charge in [0.1, 0.15) is 0 Å². The summed E-state index contributed by atoms with van der Waals surface area (Å²) in [5.41, 5.74) is 2.33. The van der Waals surface area contributed by atoms with E-state index >= 15 is 0 Å². The predicted molar refractivity (Wildman–Crippen MR) is 94.9 cm³/mol. The van der Waals surface area contributed by atoms with Gasteiger partial charge < -0.3 is 20.1 Å². The molecule has 2 N–H and O–H groups in total. The van der Waals surface area contributed by atoms with Gasteiger partial charge in [-0.1, -0.05) is 38.1 Å². The van der Waals surface area contributed by atoms with Gasteiger partial charge in [-0.05, 0) is 37.3 Å². The van der Waals surface area contributed by atoms with Gasteiger partial charge in [0.2, 0.25) is 0 Å². The minimum atomic E-state index is -0.454. The highest BCUT2D eigenvalue weighted by Crippen LogP contribution is 2.25. The van der Waals surface area contributed by atoms with Crippen molar-refractivity contribution in [2.75, 3.05) is 19.8 Å². The number of ether oxygens (including phenoxy) is 1. The lowest BCUT2D eigenvalue weighted by Gasteiger charge is -2.38. The second-order valence-electron chi connectivity index (χ2n) is 7.03. The first-order valence-electron chi connectivity index (χ1n) is 8.78. The molecule has 1 saturated heterocycles. The Morgan fingerprint density at radius 2 is 2.08 bits per heavy atom. The molecular formula is C19H30N2O3. The van der Waals surface area contributed by atoms with Crippen molar-refractivity contribution in [1.29, 1.82) is 0 Å². The van der Waals surface area contributed by atoms with Crippen molar-refractivity contribution in [2.24, 2.45) is 5.92 Å². The molecule has 0 spiro atoms. The molecule has 2 amide bonds. The molecule has 0 aromatic heterocycles. The van der Waals surface area contributed by atoms with Crippen LogP contribution in [0.25, 0.3) is 0 Å². The number of carbonyl (C=O) groups is 1. The summed E-state index contributed by atoms with van der Waals surface area (Å²) in [5, 5.41) is 12.9. The van der Waals surface area contributed by atoms with Gasteiger partial charge in [-0.25, -0.2) is 4.79 Å². The monoisotopic (exact) mass is 334 g/mol. The lowest BCUT2D eigenvalue weighted by atomic mass is 9.93. The summed E-state index contributed by atoms with van der Waals surface area (Å²) >= 11 is 0. The number of aliphatic hydroxyl groups is 1. The van der Waals surface area contributed by atoms with E-state index in [1.807, 2.05) is 17.0 Å². The molecule has 0 bridgehead atoms. The first-order valence-corrected chi connectivity index (χ1v) is 8.78. The number of morpholine rings is 1. The van der Waals surface area contributed by atoms with E-state index < -0.39 is 6.10 Å². The number of amides is 2. The fraction of sp³-hybridized carbons (Fsp3) is 0.632. The van der Waals surface area contributed by atoms with Crippen LogP contribution in [0.5, 0.6) is 0 Å². The number of rotatable bonds is 5. The third-order valence-electron chi connectivity index (χ3n) is 4.57. The Morgan fingerprint density at radius 3 is 2.71 bits per heavy atom. The number of aliphatic hydroxyl groups excluding tert-OH is 1. The molecule has 3 atom stereocenters. The molecule has 5 nitrogen and oxygen atoms in total. The van der Waals surface area contributed by atoms with Gasteiger partial charge in [-0.15, -0.1) is 0 Å². The lowest BCUT2D eigenvalue weighted by Crippen LogP contribution is -2.54. The molecule has 134 valence electrons. The van der Waals surface area contributed by atoms with E-state index in [9.17, 15) is 9.90 Å². The first kappa shape index (κ1) is 18.7. The Labute approximate surface area is 145 Å². The largest absolute Gasteiger partial charge is 0.393 e. The average molecular weight is 334 g/mol. The van der Waals surface area contributed by atoms with Crippen LogP contribution in [0.1, 0.15) is 44.4 Å². The van der Waals surface area contributed by atoms with Gasteiger partial charge in [0.15, 0.2) is 0 Å². The summed E-state index contributed by atoms with van der Waals surface area (Å²) in [6, 6.07) is 7.98. The van der Waals surface area contributed by atoms with Gasteiger partial charge in [-0.2, -0.15) is 0 Å². The standard InChI is InChI=1S/C19H30N2O3/c1-13(2)18(17-8-6-5-7-14(17)3)20-19(23)21-9-10-24-12-16(21)11-15(4)22/h5-8,13,15-16,18,22H,9-12H2,1-4H3,(H,20,23)/t15-,16+,18+/m0/s1. The van der Waals surface area contributed by atoms with E-state index in [0.29, 0.717) is 26.2 Å². The highest BCUT2D eigenvalue weighted by Gasteiger charge is 2.30. The quantitative estimate of drug-likeness (QED) is 0.870. The third-order valence-corrected chi connectivity index (χ3v) is 4.57. The van der Waals surface area contributed by atoms with Crippen LogP contribution in [0.3, 0.4) is 0 Å². The summed E-state index contributed by atoms with van der Waals surface area (Å²) in [6.07, 6.45) is 0.0775. The molecule has 24 heavy (non-hydrogen) atoms. The number of nitrogens with one attached hydrogen (secondary N) is 1. The fourth-order valence-corrected chi connectivity index (χ4v) is 3.27. The molecular weight excluding hydrogens is 304 g/mol. The van der Waals surface area contributed by atoms with E-state index in [-0.39, 0.29) is 24.0 Å². The molecule has 1 aliphatic rings. The Balaban J connectivity index is 2.13. The minimum Gasteiger partial charge on any atom is -0.393 e. The van der Waals surface area contributed by atoms with E-state index in [4.69, 9.17) is 4.74 Å². The van der Waals surface area contributed by atoms with Crippen LogP contribution >= 0.6 is 0 Å². The van der Waals surface area contributed by atoms with Crippen molar-refractivity contribution >= 4 is 6.03 Å². The molecule has 2 rings (SSSR count). The van der Waals surface area contributed by atoms with E-state index in [0.717, 1.165) is 5.56 Å². The molecule has 0 unspecified atom stereocenters. The summed E-state index contributed by atoms with van der Waals surface area (Å²) in [6.45, 7) is 9.63. The fourth-order valence-electron chi connectivity index (χ4n) is 3.27. The molecule has 1 aromatic rings. The van der Waals surface area contributed by atoms with Crippen molar-refractivity contribution < 1.29 is 14.6 Å². The van der Waals surface area contributed by atoms with Crippen molar-refractivity contribution in [1.82, 2.24) is 10.2 Å². The maximum absolute atomic E-state index is 12.9. The summed E-state index contributed by atoms with van der Waals surface area (Å²) < 4.78 is 5.49. The lowest BCUT2D eigenvalue weighted by molar-refractivity contribution is -0.00512. The second kappa shape index (κ2) is 8.49. The van der Waals surface area contributed by atoms with Crippen LogP contribution in [0.15, 0.2) is 24.3 Å². The summed E-state index contributed by atoms with van der Waals surface area (Å²) in [4.78, 5) is 14.7. The minimum absolute atomic E-state index is 0.0336. The molecule has 0 radical (unpaired) electrons. The maximum atomic E-state index is 12.9. The highest BCUT2D eigenvalue weighted by atomic mass is 16.5. The van der Waals surface area contributed by atoms with Crippen LogP contribution in [0, 0.1) is 12.8 Å². The maximum Gasteiger partial charge on any atom is 0.318 e. The van der Waals surface area contributed by atoms with Crippen molar-refractivity contribution in [3.8, 4) is 0 Å². The van der Waals surface area contributed by atoms with Crippen LogP contribution in [-0.2, 0) is 4.74 Å². The zero-order chi connectivity index (χ0) is 17.7. The topological polar surface area (TPSA) is 61.8 Å². The predicted octanol–water partition coefficient (Wildman–Crippen LogP) is 2.87. The summed E-state index contributed by atoms with van der Waals surface area (Å²) in [7, 11) is 0. The SMILES string of the molecule is Cc1ccccc1[C@H](NC(=O)N1CCOC[C@H]1C[C@H](C)O)C(C)C. The normalized spacial score (nSPS) is 20.8. The molecule has 5 heteroatoms. The molecule has 1 heterocycles. The smallest absolute Gasteiger partial charge is 0.318 e. The molecule has 0 saturated carbocycles. The molecule has 0 aliphatic carbocycles. The number of hydrogen-bond acceptors (Lipinski definition) is 3. The zero-order valence-corrected chi connectivity index (χ0v) is 15.2. The number of nitrogens with zero attached hydrogens (tertiary/aromatic N) is 1. The second-order valence-corrected chi connectivity index (χ2v) is 7.03. The summed E-state index contributed by atoms with van der Waals surface area (Å²) in [5.74, 6) is 0.284. The number of carbonyl (C=O) groups excluding carboxylic acids is 1. The number of benzene rings is 1. The van der Waals surface area contributed by atoms with Crippen LogP contribution < -0.4 is 5.32 Å². The number of hydrogen-bond donors (Lipinski definition) is 2. The third kappa shape index (κ3) is 4.71. The van der Waals surface area contributed by atoms with Crippen molar-refractivity contribution in [2.45, 2.75) is 52.3 Å². The van der Waals surface area contributed by atoms with Crippen LogP contribution in [-0.4, -0.2) is 47.9 Å². The van der Waals surface area contributed by atoms with Gasteiger partial charge in [-0.3, -0.25) is 0 Å². The molecule has 1 aromatic carbocycles. The van der Waals surface area contributed by atoms with Crippen molar-refractivity contribution in [3.63, 3.8) is 0 Å². The van der Waals surface area contributed by atoms with Crippen LogP contribution in [0.2, 0.25) is 0 Å². The first-order chi connectivity index (χ1) is 11.4. The van der Waals surface area contributed by atoms with Gasteiger partial charge in [0.25, 0.3) is 0 Å². The molecule has 1 fully saturated rings. The van der Waals surface area contributed by atoms with Gasteiger partial charge >= 0.3 is 6.03 Å². The zero-order valence-electron chi connectivity index (χ0n) is 15.2. The Hall–Kier alpha value is -1.59. The van der Waals surface area contributed by atoms with E-state index in [1.54, 1.807) is 6.92 Å². The van der Waals surface area contributed by atoms with Gasteiger partial charge in [0, 0.05) is 6.54 Å². The van der Waals surface area contributed by atoms with Crippen LogP contribution in [0.4, 0.5) is 4.79 Å².